The number of ether oxygens (including phenoxy) is 1. The quantitative estimate of drug-likeness (QED) is 0.456. The lowest BCUT2D eigenvalue weighted by molar-refractivity contribution is -0.146. The number of hydrogen-bond acceptors (Lipinski definition) is 3. The first-order valence-electron chi connectivity index (χ1n) is 7.18. The lowest BCUT2D eigenvalue weighted by Gasteiger charge is -2.15. The number of nitrogens with one attached hydrogen (secondary N) is 2. The van der Waals surface area contributed by atoms with Gasteiger partial charge in [0, 0.05) is 26.6 Å². The summed E-state index contributed by atoms with van der Waals surface area (Å²) in [6.07, 6.45) is 5.63. The number of rotatable bonds is 11. The standard InChI is InChI=1S/C15H26F2N2O2/c1-4-10-21-11-9-19-14(20)15(16,17)8-6-5-7-13(2)12-18-3/h5,7,12,18H,4,6,8-11H2,1-3H3,(H,19,20)/b7-5-,13-12-. The monoisotopic (exact) mass is 304 g/mol. The number of hydrogen-bond donors (Lipinski definition) is 2. The lowest BCUT2D eigenvalue weighted by Crippen LogP contribution is -2.41. The molecule has 122 valence electrons. The molecule has 1 amide bonds. The van der Waals surface area contributed by atoms with Gasteiger partial charge in [-0.25, -0.2) is 0 Å². The van der Waals surface area contributed by atoms with Gasteiger partial charge in [0.1, 0.15) is 0 Å². The molecule has 0 aliphatic carbocycles. The molecule has 0 heterocycles. The summed E-state index contributed by atoms with van der Waals surface area (Å²) in [5, 5.41) is 5.04. The summed E-state index contributed by atoms with van der Waals surface area (Å²) in [6.45, 7) is 4.73. The first-order valence-corrected chi connectivity index (χ1v) is 7.18. The largest absolute Gasteiger partial charge is 0.394 e. The highest BCUT2D eigenvalue weighted by molar-refractivity contribution is 5.83. The van der Waals surface area contributed by atoms with Crippen LogP contribution in [0.15, 0.2) is 23.9 Å². The highest BCUT2D eigenvalue weighted by atomic mass is 19.3. The van der Waals surface area contributed by atoms with E-state index in [0.29, 0.717) is 6.61 Å². The van der Waals surface area contributed by atoms with Crippen LogP contribution in [0.4, 0.5) is 8.78 Å². The Morgan fingerprint density at radius 3 is 2.67 bits per heavy atom. The molecule has 0 atom stereocenters. The Balaban J connectivity index is 4.00. The fourth-order valence-corrected chi connectivity index (χ4v) is 1.54. The summed E-state index contributed by atoms with van der Waals surface area (Å²) in [5.74, 6) is -4.59. The molecule has 0 rings (SSSR count). The molecule has 0 aromatic carbocycles. The van der Waals surface area contributed by atoms with Crippen LogP contribution in [-0.4, -0.2) is 38.6 Å². The van der Waals surface area contributed by atoms with Crippen LogP contribution in [0.25, 0.3) is 0 Å². The van der Waals surface area contributed by atoms with Crippen molar-refractivity contribution in [1.29, 1.82) is 0 Å². The second-order valence-electron chi connectivity index (χ2n) is 4.69. The molecule has 6 heteroatoms. The molecule has 0 aromatic rings. The number of carbonyl (C=O) groups is 1. The van der Waals surface area contributed by atoms with Crippen LogP contribution in [0.1, 0.15) is 33.1 Å². The summed E-state index contributed by atoms with van der Waals surface area (Å²) in [4.78, 5) is 11.4. The van der Waals surface area contributed by atoms with Crippen molar-refractivity contribution in [3.8, 4) is 0 Å². The van der Waals surface area contributed by atoms with E-state index in [4.69, 9.17) is 4.74 Å². The lowest BCUT2D eigenvalue weighted by atomic mass is 10.1. The van der Waals surface area contributed by atoms with Gasteiger partial charge >= 0.3 is 5.92 Å². The van der Waals surface area contributed by atoms with Gasteiger partial charge in [0.05, 0.1) is 6.61 Å². The molecule has 0 spiro atoms. The summed E-state index contributed by atoms with van der Waals surface area (Å²) in [7, 11) is 1.76. The van der Waals surface area contributed by atoms with Crippen LogP contribution >= 0.6 is 0 Å². The number of amides is 1. The second-order valence-corrected chi connectivity index (χ2v) is 4.69. The molecule has 0 saturated carbocycles. The zero-order valence-corrected chi connectivity index (χ0v) is 13.0. The average Bonchev–Trinajstić information content (AvgIpc) is 2.43. The van der Waals surface area contributed by atoms with E-state index < -0.39 is 18.3 Å². The van der Waals surface area contributed by atoms with Gasteiger partial charge in [-0.3, -0.25) is 4.79 Å². The van der Waals surface area contributed by atoms with Crippen molar-refractivity contribution in [3.63, 3.8) is 0 Å². The summed E-state index contributed by atoms with van der Waals surface area (Å²) in [6, 6.07) is 0. The third kappa shape index (κ3) is 10.0. The van der Waals surface area contributed by atoms with Crippen molar-refractivity contribution in [1.82, 2.24) is 10.6 Å². The number of halogens is 2. The van der Waals surface area contributed by atoms with Crippen molar-refractivity contribution in [2.24, 2.45) is 0 Å². The summed E-state index contributed by atoms with van der Waals surface area (Å²) in [5.41, 5.74) is 0.929. The zero-order valence-electron chi connectivity index (χ0n) is 13.0. The summed E-state index contributed by atoms with van der Waals surface area (Å²) >= 11 is 0. The van der Waals surface area contributed by atoms with E-state index in [9.17, 15) is 13.6 Å². The van der Waals surface area contributed by atoms with Crippen LogP contribution in [-0.2, 0) is 9.53 Å². The first kappa shape index (κ1) is 19.6. The first-order chi connectivity index (χ1) is 9.94. The van der Waals surface area contributed by atoms with Gasteiger partial charge in [-0.1, -0.05) is 19.1 Å². The molecule has 0 aliphatic heterocycles. The Labute approximate surface area is 125 Å². The predicted octanol–water partition coefficient (Wildman–Crippen LogP) is 2.62. The molecule has 0 aromatic heterocycles. The van der Waals surface area contributed by atoms with E-state index in [2.05, 4.69) is 10.6 Å². The third-order valence-corrected chi connectivity index (χ3v) is 2.59. The van der Waals surface area contributed by atoms with Gasteiger partial charge in [-0.2, -0.15) is 8.78 Å². The van der Waals surface area contributed by atoms with Crippen LogP contribution in [0, 0.1) is 0 Å². The van der Waals surface area contributed by atoms with E-state index >= 15 is 0 Å². The SMILES string of the molecule is CCCOCCNC(=O)C(F)(F)CC/C=C\C(C)=C/NC. The smallest absolute Gasteiger partial charge is 0.324 e. The maximum atomic E-state index is 13.6. The van der Waals surface area contributed by atoms with E-state index in [0.717, 1.165) is 12.0 Å². The molecule has 0 radical (unpaired) electrons. The van der Waals surface area contributed by atoms with Crippen LogP contribution in [0.5, 0.6) is 0 Å². The average molecular weight is 304 g/mol. The van der Waals surface area contributed by atoms with Crippen LogP contribution in [0.3, 0.4) is 0 Å². The van der Waals surface area contributed by atoms with Crippen molar-refractivity contribution >= 4 is 5.91 Å². The maximum Gasteiger partial charge on any atom is 0.324 e. The molecule has 4 nitrogen and oxygen atoms in total. The maximum absolute atomic E-state index is 13.6. The zero-order chi connectivity index (χ0) is 16.1. The molecule has 0 saturated heterocycles. The molecular weight excluding hydrogens is 278 g/mol. The highest BCUT2D eigenvalue weighted by Crippen LogP contribution is 2.20. The molecule has 0 bridgehead atoms. The van der Waals surface area contributed by atoms with Gasteiger partial charge in [-0.15, -0.1) is 0 Å². The Kier molecular flexibility index (Phi) is 10.5. The van der Waals surface area contributed by atoms with E-state index in [-0.39, 0.29) is 19.6 Å². The predicted molar refractivity (Wildman–Crippen MR) is 80.3 cm³/mol. The van der Waals surface area contributed by atoms with Crippen molar-refractivity contribution in [3.05, 3.63) is 23.9 Å². The highest BCUT2D eigenvalue weighted by Gasteiger charge is 2.37. The van der Waals surface area contributed by atoms with Gasteiger partial charge in [0.25, 0.3) is 5.91 Å². The van der Waals surface area contributed by atoms with Gasteiger partial charge in [0.15, 0.2) is 0 Å². The second kappa shape index (κ2) is 11.3. The minimum absolute atomic E-state index is 0.105. The van der Waals surface area contributed by atoms with Gasteiger partial charge in [0.2, 0.25) is 0 Å². The number of carbonyl (C=O) groups excluding carboxylic acids is 1. The van der Waals surface area contributed by atoms with Crippen molar-refractivity contribution in [2.45, 2.75) is 39.0 Å². The molecule has 0 aliphatic rings. The van der Waals surface area contributed by atoms with Crippen LogP contribution < -0.4 is 10.6 Å². The van der Waals surface area contributed by atoms with Gasteiger partial charge < -0.3 is 15.4 Å². The molecule has 2 N–H and O–H groups in total. The molecule has 21 heavy (non-hydrogen) atoms. The minimum atomic E-state index is -3.35. The molecular formula is C15H26F2N2O2. The Morgan fingerprint density at radius 1 is 1.33 bits per heavy atom. The van der Waals surface area contributed by atoms with Crippen molar-refractivity contribution in [2.75, 3.05) is 26.8 Å². The fraction of sp³-hybridized carbons (Fsp3) is 0.667. The van der Waals surface area contributed by atoms with E-state index in [1.165, 1.54) is 0 Å². The topological polar surface area (TPSA) is 50.4 Å². The van der Waals surface area contributed by atoms with Crippen LogP contribution in [0.2, 0.25) is 0 Å². The normalized spacial score (nSPS) is 12.7. The molecule has 0 fully saturated rings. The number of allylic oxidation sites excluding steroid dienone is 3. The van der Waals surface area contributed by atoms with E-state index in [1.54, 1.807) is 25.4 Å². The number of alkyl halides is 2. The summed E-state index contributed by atoms with van der Waals surface area (Å²) < 4.78 is 32.2. The fourth-order valence-electron chi connectivity index (χ4n) is 1.54. The van der Waals surface area contributed by atoms with E-state index in [1.807, 2.05) is 13.8 Å². The minimum Gasteiger partial charge on any atom is -0.394 e. The third-order valence-electron chi connectivity index (χ3n) is 2.59. The Morgan fingerprint density at radius 2 is 2.05 bits per heavy atom. The van der Waals surface area contributed by atoms with Crippen molar-refractivity contribution < 1.29 is 18.3 Å². The molecule has 0 unspecified atom stereocenters. The Hall–Kier alpha value is -1.43. The van der Waals surface area contributed by atoms with Gasteiger partial charge in [-0.05, 0) is 31.5 Å². The Bertz CT molecular complexity index is 356.